The zero-order valence-electron chi connectivity index (χ0n) is 18.6. The molecule has 2 N–H and O–H groups in total. The molecule has 1 aromatic heterocycles. The largest absolute Gasteiger partial charge is 0.496 e. The third-order valence-electron chi connectivity index (χ3n) is 5.34. The highest BCUT2D eigenvalue weighted by Crippen LogP contribution is 2.40. The molecule has 2 aromatic rings. The van der Waals surface area contributed by atoms with Gasteiger partial charge in [0.1, 0.15) is 11.5 Å². The topological polar surface area (TPSA) is 103 Å². The Morgan fingerprint density at radius 2 is 1.87 bits per heavy atom. The molecule has 1 heterocycles. The maximum atomic E-state index is 13.0. The standard InChI is InChI=1S/C23H31N3O5/c1-14(2)10-16(11-21(27)28)24-23(29)17-12-18(26(25-17)13-15-8-9-15)22-19(30-3)6-5-7-20(22)31-4/h5-7,12,14-16H,8-11,13H2,1-4H3,(H,24,29)(H,27,28). The van der Waals surface area contributed by atoms with E-state index in [-0.39, 0.29) is 23.9 Å². The van der Waals surface area contributed by atoms with E-state index in [0.29, 0.717) is 30.4 Å². The SMILES string of the molecule is COc1cccc(OC)c1-c1cc(C(=O)NC(CC(=O)O)CC(C)C)nn1CC1CC1. The Kier molecular flexibility index (Phi) is 7.20. The van der Waals surface area contributed by atoms with Gasteiger partial charge in [-0.15, -0.1) is 0 Å². The molecule has 1 atom stereocenters. The van der Waals surface area contributed by atoms with Gasteiger partial charge >= 0.3 is 5.97 Å². The van der Waals surface area contributed by atoms with E-state index in [1.165, 1.54) is 0 Å². The lowest BCUT2D eigenvalue weighted by molar-refractivity contribution is -0.137. The highest BCUT2D eigenvalue weighted by Gasteiger charge is 2.28. The zero-order valence-corrected chi connectivity index (χ0v) is 18.6. The number of benzene rings is 1. The van der Waals surface area contributed by atoms with Crippen molar-refractivity contribution in [3.63, 3.8) is 0 Å². The van der Waals surface area contributed by atoms with Gasteiger partial charge < -0.3 is 19.9 Å². The molecule has 1 aromatic carbocycles. The molecule has 3 rings (SSSR count). The van der Waals surface area contributed by atoms with Crippen LogP contribution in [0.5, 0.6) is 11.5 Å². The predicted molar refractivity (Wildman–Crippen MR) is 116 cm³/mol. The summed E-state index contributed by atoms with van der Waals surface area (Å²) in [6, 6.07) is 6.81. The van der Waals surface area contributed by atoms with Crippen molar-refractivity contribution in [2.24, 2.45) is 11.8 Å². The number of carboxylic acid groups (broad SMARTS) is 1. The second-order valence-electron chi connectivity index (χ2n) is 8.48. The van der Waals surface area contributed by atoms with Crippen LogP contribution in [0.1, 0.15) is 50.0 Å². The second kappa shape index (κ2) is 9.85. The molecule has 1 amide bonds. The number of nitrogens with one attached hydrogen (secondary N) is 1. The highest BCUT2D eigenvalue weighted by atomic mass is 16.5. The van der Waals surface area contributed by atoms with Gasteiger partial charge in [0.15, 0.2) is 5.69 Å². The number of ether oxygens (including phenoxy) is 2. The molecule has 0 spiro atoms. The Morgan fingerprint density at radius 1 is 1.23 bits per heavy atom. The van der Waals surface area contributed by atoms with E-state index in [4.69, 9.17) is 9.47 Å². The summed E-state index contributed by atoms with van der Waals surface area (Å²) < 4.78 is 12.9. The number of hydrogen-bond acceptors (Lipinski definition) is 5. The van der Waals surface area contributed by atoms with Gasteiger partial charge in [-0.2, -0.15) is 5.10 Å². The number of rotatable bonds is 11. The molecular formula is C23H31N3O5. The summed E-state index contributed by atoms with van der Waals surface area (Å²) in [6.07, 6.45) is 2.73. The monoisotopic (exact) mass is 429 g/mol. The predicted octanol–water partition coefficient (Wildman–Crippen LogP) is 3.60. The van der Waals surface area contributed by atoms with Crippen molar-refractivity contribution in [2.45, 2.75) is 52.1 Å². The maximum Gasteiger partial charge on any atom is 0.305 e. The summed E-state index contributed by atoms with van der Waals surface area (Å²) in [5.74, 6) is 0.737. The normalized spacial score (nSPS) is 14.4. The molecule has 8 nitrogen and oxygen atoms in total. The van der Waals surface area contributed by atoms with Crippen LogP contribution in [-0.4, -0.2) is 47.0 Å². The fourth-order valence-electron chi connectivity index (χ4n) is 3.75. The van der Waals surface area contributed by atoms with Crippen molar-refractivity contribution in [3.8, 4) is 22.8 Å². The lowest BCUT2D eigenvalue weighted by Crippen LogP contribution is -2.37. The Bertz CT molecular complexity index is 911. The van der Waals surface area contributed by atoms with Crippen LogP contribution in [-0.2, 0) is 11.3 Å². The number of nitrogens with zero attached hydrogens (tertiary/aromatic N) is 2. The Hall–Kier alpha value is -3.03. The Balaban J connectivity index is 1.95. The number of carbonyl (C=O) groups excluding carboxylic acids is 1. The fraction of sp³-hybridized carbons (Fsp3) is 0.522. The van der Waals surface area contributed by atoms with Crippen molar-refractivity contribution in [2.75, 3.05) is 14.2 Å². The molecule has 1 aliphatic carbocycles. The summed E-state index contributed by atoms with van der Waals surface area (Å²) in [4.78, 5) is 24.2. The molecular weight excluding hydrogens is 398 g/mol. The van der Waals surface area contributed by atoms with Gasteiger partial charge in [0.25, 0.3) is 5.91 Å². The van der Waals surface area contributed by atoms with E-state index in [9.17, 15) is 14.7 Å². The summed E-state index contributed by atoms with van der Waals surface area (Å²) in [5.41, 5.74) is 1.73. The third-order valence-corrected chi connectivity index (χ3v) is 5.34. The van der Waals surface area contributed by atoms with E-state index in [0.717, 1.165) is 24.1 Å². The quantitative estimate of drug-likeness (QED) is 0.566. The fourth-order valence-corrected chi connectivity index (χ4v) is 3.75. The minimum absolute atomic E-state index is 0.125. The lowest BCUT2D eigenvalue weighted by atomic mass is 10.0. The first-order valence-electron chi connectivity index (χ1n) is 10.6. The van der Waals surface area contributed by atoms with Crippen LogP contribution in [0.25, 0.3) is 11.3 Å². The number of aliphatic carboxylic acids is 1. The molecule has 1 aliphatic rings. The molecule has 168 valence electrons. The van der Waals surface area contributed by atoms with Crippen LogP contribution in [0.3, 0.4) is 0 Å². The van der Waals surface area contributed by atoms with Gasteiger partial charge in [-0.05, 0) is 49.3 Å². The van der Waals surface area contributed by atoms with Crippen molar-refractivity contribution >= 4 is 11.9 Å². The second-order valence-corrected chi connectivity index (χ2v) is 8.48. The average Bonchev–Trinajstić information content (AvgIpc) is 3.43. The number of methoxy groups -OCH3 is 2. The molecule has 0 saturated heterocycles. The summed E-state index contributed by atoms with van der Waals surface area (Å²) in [6.45, 7) is 4.70. The Morgan fingerprint density at radius 3 is 2.39 bits per heavy atom. The molecule has 8 heteroatoms. The molecule has 1 unspecified atom stereocenters. The number of aromatic nitrogens is 2. The van der Waals surface area contributed by atoms with Gasteiger partial charge in [0, 0.05) is 12.6 Å². The van der Waals surface area contributed by atoms with Crippen LogP contribution in [0.4, 0.5) is 0 Å². The lowest BCUT2D eigenvalue weighted by Gasteiger charge is -2.18. The van der Waals surface area contributed by atoms with E-state index in [1.54, 1.807) is 20.3 Å². The minimum Gasteiger partial charge on any atom is -0.496 e. The van der Waals surface area contributed by atoms with Crippen molar-refractivity contribution in [1.82, 2.24) is 15.1 Å². The molecule has 0 radical (unpaired) electrons. The first-order valence-corrected chi connectivity index (χ1v) is 10.6. The molecule has 0 aliphatic heterocycles. The van der Waals surface area contributed by atoms with Crippen molar-refractivity contribution in [3.05, 3.63) is 30.0 Å². The van der Waals surface area contributed by atoms with Gasteiger partial charge in [-0.3, -0.25) is 14.3 Å². The summed E-state index contributed by atoms with van der Waals surface area (Å²) >= 11 is 0. The number of carbonyl (C=O) groups is 2. The van der Waals surface area contributed by atoms with Crippen LogP contribution >= 0.6 is 0 Å². The van der Waals surface area contributed by atoms with Crippen LogP contribution in [0, 0.1) is 11.8 Å². The minimum atomic E-state index is -0.940. The first-order chi connectivity index (χ1) is 14.8. The smallest absolute Gasteiger partial charge is 0.305 e. The maximum absolute atomic E-state index is 13.0. The van der Waals surface area contributed by atoms with Crippen LogP contribution in [0.2, 0.25) is 0 Å². The van der Waals surface area contributed by atoms with E-state index < -0.39 is 12.0 Å². The van der Waals surface area contributed by atoms with Crippen molar-refractivity contribution in [1.29, 1.82) is 0 Å². The summed E-state index contributed by atoms with van der Waals surface area (Å²) in [7, 11) is 3.19. The molecule has 0 bridgehead atoms. The van der Waals surface area contributed by atoms with E-state index >= 15 is 0 Å². The van der Waals surface area contributed by atoms with Crippen molar-refractivity contribution < 1.29 is 24.2 Å². The van der Waals surface area contributed by atoms with Crippen LogP contribution in [0.15, 0.2) is 24.3 Å². The van der Waals surface area contributed by atoms with Gasteiger partial charge in [-0.25, -0.2) is 0 Å². The van der Waals surface area contributed by atoms with Gasteiger partial charge in [-0.1, -0.05) is 19.9 Å². The Labute approximate surface area is 182 Å². The zero-order chi connectivity index (χ0) is 22.5. The molecule has 31 heavy (non-hydrogen) atoms. The first kappa shape index (κ1) is 22.7. The van der Waals surface area contributed by atoms with Crippen LogP contribution < -0.4 is 14.8 Å². The van der Waals surface area contributed by atoms with E-state index in [2.05, 4.69) is 10.4 Å². The van der Waals surface area contributed by atoms with Gasteiger partial charge in [0.05, 0.1) is 31.9 Å². The summed E-state index contributed by atoms with van der Waals surface area (Å²) in [5, 5.41) is 16.6. The number of hydrogen-bond donors (Lipinski definition) is 2. The average molecular weight is 430 g/mol. The number of amides is 1. The molecule has 1 fully saturated rings. The van der Waals surface area contributed by atoms with Gasteiger partial charge in [0.2, 0.25) is 0 Å². The van der Waals surface area contributed by atoms with E-state index in [1.807, 2.05) is 36.7 Å². The molecule has 1 saturated carbocycles. The number of carboxylic acids is 1. The third kappa shape index (κ3) is 5.77. The highest BCUT2D eigenvalue weighted by molar-refractivity contribution is 5.94.